The highest BCUT2D eigenvalue weighted by Crippen LogP contribution is 2.67. The average Bonchev–Trinajstić information content (AvgIpc) is 1.24. The molecule has 0 aromatic rings. The molecule has 15 aliphatic rings. The SMILES string of the molecule is CNC(COC(=O)CCC(=O)O[C@@H]1O[C@@H]2O[C@]3(C)CC[C@H]4[C@H](C)CC[C@@H]([C@H]1C)[C@@]24OO3)(COC(=O)CCC(=O)O[C@@H]1O[C@@H]2O[C@]3(C)CC[C@H]4[C@H](C)CC[C@@H]([C@H]1C)[C@@]24OO3)COC(=O)CCC(=O)O[C@@H]1O[C@@H]2O[C@]3(C)CC[C@H]4[C@H](C)CC[C@@](C)([C@H]1C)[C@@]24OO3. The van der Waals surface area contributed by atoms with Crippen LogP contribution in [0.3, 0.4) is 0 Å². The molecule has 1 N–H and O–H groups in total. The number of hydrogen-bond donors (Lipinski definition) is 1. The summed E-state index contributed by atoms with van der Waals surface area (Å²) >= 11 is 0. The van der Waals surface area contributed by atoms with Gasteiger partial charge in [-0.3, -0.25) is 28.8 Å². The summed E-state index contributed by atoms with van der Waals surface area (Å²) in [6, 6.07) is 0. The molecule has 3 saturated carbocycles. The molecule has 25 heteroatoms. The Balaban J connectivity index is 0.658. The zero-order valence-corrected chi connectivity index (χ0v) is 53.0. The van der Waals surface area contributed by atoms with E-state index in [1.165, 1.54) is 7.05 Å². The van der Waals surface area contributed by atoms with Gasteiger partial charge in [0.1, 0.15) is 25.4 Å². The molecule has 6 bridgehead atoms. The van der Waals surface area contributed by atoms with Crippen molar-refractivity contribution in [3.63, 3.8) is 0 Å². The summed E-state index contributed by atoms with van der Waals surface area (Å²) in [6.07, 6.45) is 1.65. The fourth-order valence-electron chi connectivity index (χ4n) is 17.7. The topological polar surface area (TPSA) is 281 Å². The first-order chi connectivity index (χ1) is 41.7. The first-order valence-electron chi connectivity index (χ1n) is 32.6. The van der Waals surface area contributed by atoms with E-state index in [4.69, 9.17) is 86.2 Å². The van der Waals surface area contributed by atoms with Crippen molar-refractivity contribution >= 4 is 35.8 Å². The standard InChI is InChI=1S/C63H93NO24/c1-33-12-14-42-36(4)50(77-53-61(42)39(33)23-27-57(8,80-53)83-86-61)74-47(68)19-16-44(65)71-30-60(64-11,31-72-45(66)17-20-48(69)75-51-37(5)43-15-13-34(2)40-24-28-58(9)81-54(78-51)62(40,43)87-84-58)32-73-46(67)18-21-49(70)76-52-38(6)56(7)26-22-35(3)41-25-29-59(10)82-55(79-52)63(41,56)88-85-59/h33-43,50-55,64H,12-32H2,1-11H3/t33-,34-,35-,36-,37-,38+,39+,40+,41+,42+,43+,50-,51-,52-,53-,54-,55-,56+,57+,58+,59+,61-,62-,63+/m1/s1. The van der Waals surface area contributed by atoms with Crippen LogP contribution in [0.4, 0.5) is 0 Å². The Kier molecular flexibility index (Phi) is 17.6. The molecule has 15 rings (SSSR count). The van der Waals surface area contributed by atoms with Crippen molar-refractivity contribution in [2.24, 2.45) is 70.5 Å². The van der Waals surface area contributed by atoms with E-state index in [1.54, 1.807) is 0 Å². The number of carbonyl (C=O) groups excluding carboxylic acids is 6. The summed E-state index contributed by atoms with van der Waals surface area (Å²) in [7, 11) is 1.49. The molecule has 0 amide bonds. The van der Waals surface area contributed by atoms with Crippen molar-refractivity contribution in [1.82, 2.24) is 5.32 Å². The number of ether oxygens (including phenoxy) is 12. The summed E-state index contributed by atoms with van der Waals surface area (Å²) in [5.41, 5.74) is -4.76. The number of nitrogens with one attached hydrogen (secondary N) is 1. The van der Waals surface area contributed by atoms with Gasteiger partial charge in [0.2, 0.25) is 36.2 Å². The summed E-state index contributed by atoms with van der Waals surface area (Å²) in [6.45, 7) is 18.5. The highest BCUT2D eigenvalue weighted by Gasteiger charge is 2.76. The molecule has 88 heavy (non-hydrogen) atoms. The van der Waals surface area contributed by atoms with Crippen molar-refractivity contribution in [2.45, 2.75) is 262 Å². The third kappa shape index (κ3) is 11.1. The third-order valence-electron chi connectivity index (χ3n) is 23.5. The first kappa shape index (κ1) is 64.4. The fraction of sp³-hybridized carbons (Fsp3) is 0.905. The van der Waals surface area contributed by atoms with E-state index in [0.717, 1.165) is 57.8 Å². The van der Waals surface area contributed by atoms with Crippen molar-refractivity contribution in [1.29, 1.82) is 0 Å². The lowest BCUT2D eigenvalue weighted by molar-refractivity contribution is -0.586. The highest BCUT2D eigenvalue weighted by atomic mass is 17.3. The van der Waals surface area contributed by atoms with Crippen LogP contribution in [-0.2, 0) is 115 Å². The molecule has 24 atom stereocenters. The minimum absolute atomic E-state index is 0.0819. The Labute approximate surface area is 514 Å². The van der Waals surface area contributed by atoms with Gasteiger partial charge in [0.15, 0.2) is 35.7 Å². The lowest BCUT2D eigenvalue weighted by Gasteiger charge is -2.65. The quantitative estimate of drug-likeness (QED) is 0.0741. The molecule has 0 radical (unpaired) electrons. The Morgan fingerprint density at radius 2 is 0.795 bits per heavy atom. The summed E-state index contributed by atoms with van der Waals surface area (Å²) in [4.78, 5) is 118. The van der Waals surface area contributed by atoms with Gasteiger partial charge in [-0.2, -0.15) is 0 Å². The number of rotatable bonds is 19. The second kappa shape index (κ2) is 24.0. The van der Waals surface area contributed by atoms with E-state index >= 15 is 0 Å². The molecule has 0 unspecified atom stereocenters. The molecule has 25 nitrogen and oxygen atoms in total. The molecule has 12 heterocycles. The van der Waals surface area contributed by atoms with Gasteiger partial charge >= 0.3 is 35.8 Å². The summed E-state index contributed by atoms with van der Waals surface area (Å²) in [5.74, 6) is -7.47. The molecule has 0 aromatic heterocycles. The minimum atomic E-state index is -1.57. The molecular formula is C63H93NO24. The van der Waals surface area contributed by atoms with Gasteiger partial charge in [-0.1, -0.05) is 48.5 Å². The van der Waals surface area contributed by atoms with Gasteiger partial charge < -0.3 is 62.2 Å². The van der Waals surface area contributed by atoms with Crippen LogP contribution in [0.5, 0.6) is 0 Å². The number of fused-ring (bicyclic) bond motifs is 6. The molecule has 12 saturated heterocycles. The van der Waals surface area contributed by atoms with E-state index in [1.807, 2.05) is 41.5 Å². The lowest BCUT2D eigenvalue weighted by atomic mass is 9.50. The average molecular weight is 1250 g/mol. The maximum Gasteiger partial charge on any atom is 0.308 e. The van der Waals surface area contributed by atoms with Crippen molar-refractivity contribution in [2.75, 3.05) is 26.9 Å². The fourth-order valence-corrected chi connectivity index (χ4v) is 17.7. The molecule has 12 aliphatic heterocycles. The Bertz CT molecular complexity index is 2550. The number of hydrogen-bond acceptors (Lipinski definition) is 25. The van der Waals surface area contributed by atoms with Crippen LogP contribution in [0.2, 0.25) is 0 Å². The largest absolute Gasteiger partial charge is 0.463 e. The molecule has 3 aliphatic carbocycles. The maximum atomic E-state index is 13.6. The molecule has 15 fully saturated rings. The third-order valence-corrected chi connectivity index (χ3v) is 23.5. The normalized spacial score (nSPS) is 46.9. The zero-order chi connectivity index (χ0) is 62.6. The Hall–Kier alpha value is -3.70. The van der Waals surface area contributed by atoms with Crippen LogP contribution >= 0.6 is 0 Å². The molecule has 3 spiro atoms. The van der Waals surface area contributed by atoms with E-state index in [9.17, 15) is 28.8 Å². The Morgan fingerprint density at radius 1 is 0.420 bits per heavy atom. The molecule has 494 valence electrons. The van der Waals surface area contributed by atoms with Crippen LogP contribution in [0.1, 0.15) is 185 Å². The lowest BCUT2D eigenvalue weighted by Crippen LogP contribution is -2.74. The maximum absolute atomic E-state index is 13.6. The summed E-state index contributed by atoms with van der Waals surface area (Å²) < 4.78 is 73.5. The van der Waals surface area contributed by atoms with Gasteiger partial charge in [0, 0.05) is 54.3 Å². The molecular weight excluding hydrogens is 1150 g/mol. The van der Waals surface area contributed by atoms with Gasteiger partial charge in [-0.05, 0) is 121 Å². The van der Waals surface area contributed by atoms with Crippen LogP contribution in [-0.4, -0.2) is 140 Å². The van der Waals surface area contributed by atoms with Gasteiger partial charge in [0.05, 0.1) is 38.5 Å². The smallest absolute Gasteiger partial charge is 0.308 e. The van der Waals surface area contributed by atoms with E-state index in [-0.39, 0.29) is 66.6 Å². The number of esters is 6. The number of carbonyl (C=O) groups is 6. The van der Waals surface area contributed by atoms with E-state index in [2.05, 4.69) is 33.0 Å². The highest BCUT2D eigenvalue weighted by molar-refractivity contribution is 5.79. The molecule has 0 aromatic carbocycles. The predicted octanol–water partition coefficient (Wildman–Crippen LogP) is 7.56. The predicted molar refractivity (Wildman–Crippen MR) is 296 cm³/mol. The van der Waals surface area contributed by atoms with Gasteiger partial charge in [-0.25, -0.2) is 29.3 Å². The second-order valence-corrected chi connectivity index (χ2v) is 28.9. The number of likely N-dealkylation sites (N-methyl/N-ethyl adjacent to an activating group) is 1. The Morgan fingerprint density at radius 3 is 1.24 bits per heavy atom. The van der Waals surface area contributed by atoms with Crippen LogP contribution in [0.15, 0.2) is 0 Å². The van der Waals surface area contributed by atoms with E-state index < -0.39 is 158 Å². The van der Waals surface area contributed by atoms with Gasteiger partial charge in [-0.15, -0.1) is 0 Å². The van der Waals surface area contributed by atoms with Gasteiger partial charge in [0.25, 0.3) is 0 Å². The zero-order valence-electron chi connectivity index (χ0n) is 53.0. The minimum Gasteiger partial charge on any atom is -0.463 e. The van der Waals surface area contributed by atoms with E-state index in [0.29, 0.717) is 37.0 Å². The summed E-state index contributed by atoms with van der Waals surface area (Å²) in [5, 5.41) is 2.99. The monoisotopic (exact) mass is 1250 g/mol. The second-order valence-electron chi connectivity index (χ2n) is 28.9. The van der Waals surface area contributed by atoms with Crippen LogP contribution in [0, 0.1) is 70.5 Å². The van der Waals surface area contributed by atoms with Crippen LogP contribution < -0.4 is 5.32 Å². The van der Waals surface area contributed by atoms with Crippen molar-refractivity contribution in [3.05, 3.63) is 0 Å². The van der Waals surface area contributed by atoms with Crippen molar-refractivity contribution < 1.29 is 115 Å². The van der Waals surface area contributed by atoms with Crippen molar-refractivity contribution in [3.8, 4) is 0 Å². The van der Waals surface area contributed by atoms with Crippen LogP contribution in [0.25, 0.3) is 0 Å². The first-order valence-corrected chi connectivity index (χ1v) is 32.6.